The summed E-state index contributed by atoms with van der Waals surface area (Å²) in [5.74, 6) is -0.568. The standard InChI is InChI=1S/C6H9NO4/c1-2-5-11-6(8)3-4-7(9)10/h2H,1,3-5H2. The zero-order valence-corrected chi connectivity index (χ0v) is 5.99. The topological polar surface area (TPSA) is 69.4 Å². The molecule has 0 fully saturated rings. The van der Waals surface area contributed by atoms with Gasteiger partial charge >= 0.3 is 5.97 Å². The molecule has 0 unspecified atom stereocenters. The zero-order valence-electron chi connectivity index (χ0n) is 5.99. The predicted octanol–water partition coefficient (Wildman–Crippen LogP) is 0.382. The second-order valence-corrected chi connectivity index (χ2v) is 1.78. The molecule has 0 aromatic rings. The van der Waals surface area contributed by atoms with Gasteiger partial charge in [0.1, 0.15) is 13.0 Å². The van der Waals surface area contributed by atoms with E-state index in [1.165, 1.54) is 6.08 Å². The lowest BCUT2D eigenvalue weighted by Crippen LogP contribution is -2.11. The van der Waals surface area contributed by atoms with E-state index in [-0.39, 0.29) is 19.6 Å². The number of nitrogens with zero attached hydrogens (tertiary/aromatic N) is 1. The molecular formula is C6H9NO4. The number of ether oxygens (including phenoxy) is 1. The smallest absolute Gasteiger partial charge is 0.312 e. The molecule has 0 aliphatic heterocycles. The third-order valence-electron chi connectivity index (χ3n) is 0.861. The van der Waals surface area contributed by atoms with Gasteiger partial charge in [-0.1, -0.05) is 12.7 Å². The third kappa shape index (κ3) is 6.50. The van der Waals surface area contributed by atoms with Gasteiger partial charge in [-0.05, 0) is 0 Å². The van der Waals surface area contributed by atoms with Crippen LogP contribution < -0.4 is 0 Å². The molecule has 62 valence electrons. The van der Waals surface area contributed by atoms with Gasteiger partial charge in [0.15, 0.2) is 0 Å². The van der Waals surface area contributed by atoms with Crippen LogP contribution in [-0.2, 0) is 9.53 Å². The average molecular weight is 159 g/mol. The SMILES string of the molecule is C=CCOC(=O)CC[N+](=O)[O-]. The zero-order chi connectivity index (χ0) is 8.69. The average Bonchev–Trinajstić information content (AvgIpc) is 1.97. The van der Waals surface area contributed by atoms with Crippen LogP contribution in [0.2, 0.25) is 0 Å². The highest BCUT2D eigenvalue weighted by molar-refractivity contribution is 5.69. The quantitative estimate of drug-likeness (QED) is 0.251. The fourth-order valence-corrected chi connectivity index (χ4v) is 0.407. The van der Waals surface area contributed by atoms with Gasteiger partial charge < -0.3 is 4.74 Å². The number of rotatable bonds is 5. The number of carbonyl (C=O) groups excluding carboxylic acids is 1. The molecule has 0 rings (SSSR count). The van der Waals surface area contributed by atoms with E-state index in [0.717, 1.165) is 0 Å². The summed E-state index contributed by atoms with van der Waals surface area (Å²) < 4.78 is 4.48. The van der Waals surface area contributed by atoms with E-state index in [0.29, 0.717) is 0 Å². The van der Waals surface area contributed by atoms with Crippen LogP contribution in [0.5, 0.6) is 0 Å². The predicted molar refractivity (Wildman–Crippen MR) is 37.6 cm³/mol. The summed E-state index contributed by atoms with van der Waals surface area (Å²) in [6.07, 6.45) is 1.23. The lowest BCUT2D eigenvalue weighted by molar-refractivity contribution is -0.478. The Morgan fingerprint density at radius 3 is 2.82 bits per heavy atom. The Balaban J connectivity index is 3.37. The van der Waals surface area contributed by atoms with Crippen molar-refractivity contribution in [3.05, 3.63) is 22.8 Å². The highest BCUT2D eigenvalue weighted by Gasteiger charge is 2.05. The summed E-state index contributed by atoms with van der Waals surface area (Å²) in [4.78, 5) is 19.7. The number of nitro groups is 1. The molecule has 0 radical (unpaired) electrons. The van der Waals surface area contributed by atoms with E-state index in [2.05, 4.69) is 11.3 Å². The van der Waals surface area contributed by atoms with Crippen molar-refractivity contribution in [3.8, 4) is 0 Å². The number of carbonyl (C=O) groups is 1. The second kappa shape index (κ2) is 5.40. The molecule has 5 heteroatoms. The minimum atomic E-state index is -0.568. The fourth-order valence-electron chi connectivity index (χ4n) is 0.407. The summed E-state index contributed by atoms with van der Waals surface area (Å²) in [7, 11) is 0. The van der Waals surface area contributed by atoms with Crippen LogP contribution in [0.4, 0.5) is 0 Å². The summed E-state index contributed by atoms with van der Waals surface area (Å²) in [5, 5.41) is 9.76. The van der Waals surface area contributed by atoms with Gasteiger partial charge in [-0.2, -0.15) is 0 Å². The van der Waals surface area contributed by atoms with Crippen molar-refractivity contribution in [2.75, 3.05) is 13.2 Å². The van der Waals surface area contributed by atoms with Gasteiger partial charge in [0, 0.05) is 4.92 Å². The first-order valence-electron chi connectivity index (χ1n) is 3.05. The highest BCUT2D eigenvalue weighted by Crippen LogP contribution is 1.86. The fraction of sp³-hybridized carbons (Fsp3) is 0.500. The van der Waals surface area contributed by atoms with Crippen molar-refractivity contribution < 1.29 is 14.5 Å². The Morgan fingerprint density at radius 2 is 2.36 bits per heavy atom. The maximum Gasteiger partial charge on any atom is 0.312 e. The molecule has 0 spiro atoms. The molecule has 0 saturated carbocycles. The van der Waals surface area contributed by atoms with E-state index in [4.69, 9.17) is 0 Å². The molecule has 0 atom stereocenters. The van der Waals surface area contributed by atoms with Crippen LogP contribution in [0.15, 0.2) is 12.7 Å². The Kier molecular flexibility index (Phi) is 4.72. The van der Waals surface area contributed by atoms with E-state index in [1.807, 2.05) is 0 Å². The lowest BCUT2D eigenvalue weighted by atomic mass is 10.4. The third-order valence-corrected chi connectivity index (χ3v) is 0.861. The van der Waals surface area contributed by atoms with Crippen LogP contribution >= 0.6 is 0 Å². The van der Waals surface area contributed by atoms with Crippen molar-refractivity contribution in [3.63, 3.8) is 0 Å². The van der Waals surface area contributed by atoms with Crippen molar-refractivity contribution in [2.24, 2.45) is 0 Å². The Hall–Kier alpha value is -1.39. The van der Waals surface area contributed by atoms with E-state index in [1.54, 1.807) is 0 Å². The van der Waals surface area contributed by atoms with Gasteiger partial charge in [0.25, 0.3) is 0 Å². The molecule has 0 aliphatic carbocycles. The molecule has 0 amide bonds. The Bertz CT molecular complexity index is 166. The number of esters is 1. The van der Waals surface area contributed by atoms with Crippen LogP contribution in [0, 0.1) is 10.1 Å². The van der Waals surface area contributed by atoms with E-state index >= 15 is 0 Å². The molecule has 0 aromatic heterocycles. The van der Waals surface area contributed by atoms with Crippen molar-refractivity contribution in [1.82, 2.24) is 0 Å². The van der Waals surface area contributed by atoms with Crippen molar-refractivity contribution >= 4 is 5.97 Å². The summed E-state index contributed by atoms with van der Waals surface area (Å²) in [6.45, 7) is 3.05. The summed E-state index contributed by atoms with van der Waals surface area (Å²) in [6, 6.07) is 0. The minimum absolute atomic E-state index is 0.108. The van der Waals surface area contributed by atoms with Crippen LogP contribution in [0.1, 0.15) is 6.42 Å². The van der Waals surface area contributed by atoms with Crippen LogP contribution in [0.3, 0.4) is 0 Å². The van der Waals surface area contributed by atoms with Gasteiger partial charge in [-0.15, -0.1) is 0 Å². The van der Waals surface area contributed by atoms with Crippen LogP contribution in [-0.4, -0.2) is 24.0 Å². The van der Waals surface area contributed by atoms with Gasteiger partial charge in [0.2, 0.25) is 6.54 Å². The number of hydrogen-bond acceptors (Lipinski definition) is 4. The lowest BCUT2D eigenvalue weighted by Gasteiger charge is -1.97. The molecular weight excluding hydrogens is 150 g/mol. The Labute approximate surface area is 63.8 Å². The first-order valence-corrected chi connectivity index (χ1v) is 3.05. The minimum Gasteiger partial charge on any atom is -0.461 e. The molecule has 5 nitrogen and oxygen atoms in total. The number of hydrogen-bond donors (Lipinski definition) is 0. The molecule has 0 bridgehead atoms. The van der Waals surface area contributed by atoms with Gasteiger partial charge in [0.05, 0.1) is 0 Å². The van der Waals surface area contributed by atoms with Crippen molar-refractivity contribution in [1.29, 1.82) is 0 Å². The maximum absolute atomic E-state index is 10.5. The largest absolute Gasteiger partial charge is 0.461 e. The molecule has 0 heterocycles. The molecule has 0 N–H and O–H groups in total. The monoisotopic (exact) mass is 159 g/mol. The van der Waals surface area contributed by atoms with Crippen LogP contribution in [0.25, 0.3) is 0 Å². The Morgan fingerprint density at radius 1 is 1.73 bits per heavy atom. The first-order chi connectivity index (χ1) is 5.16. The normalized spacial score (nSPS) is 8.73. The second-order valence-electron chi connectivity index (χ2n) is 1.78. The van der Waals surface area contributed by atoms with Gasteiger partial charge in [-0.3, -0.25) is 14.9 Å². The maximum atomic E-state index is 10.5. The highest BCUT2D eigenvalue weighted by atomic mass is 16.6. The first kappa shape index (κ1) is 9.61. The van der Waals surface area contributed by atoms with E-state index < -0.39 is 10.9 Å². The molecule has 0 aliphatic rings. The molecule has 0 saturated heterocycles. The molecule has 11 heavy (non-hydrogen) atoms. The summed E-state index contributed by atoms with van der Waals surface area (Å²) in [5.41, 5.74) is 0. The van der Waals surface area contributed by atoms with E-state index in [9.17, 15) is 14.9 Å². The van der Waals surface area contributed by atoms with Crippen molar-refractivity contribution in [2.45, 2.75) is 6.42 Å². The molecule has 0 aromatic carbocycles. The summed E-state index contributed by atoms with van der Waals surface area (Å²) >= 11 is 0. The van der Waals surface area contributed by atoms with Gasteiger partial charge in [-0.25, -0.2) is 0 Å².